The Kier molecular flexibility index (Phi) is 4.94. The molecule has 35 heavy (non-hydrogen) atoms. The van der Waals surface area contributed by atoms with E-state index in [4.69, 9.17) is 26.1 Å². The molecule has 5 aromatic rings. The number of anilines is 1. The molecule has 0 atom stereocenters. The fourth-order valence-electron chi connectivity index (χ4n) is 4.55. The number of pyridine rings is 2. The summed E-state index contributed by atoms with van der Waals surface area (Å²) in [6.45, 7) is 4.19. The Hall–Kier alpha value is -4.35. The summed E-state index contributed by atoms with van der Waals surface area (Å²) >= 11 is 6.46. The molecule has 1 aliphatic rings. The summed E-state index contributed by atoms with van der Waals surface area (Å²) in [7, 11) is 0. The molecular formula is C26H19ClN6O2. The van der Waals surface area contributed by atoms with E-state index in [1.165, 1.54) is 0 Å². The molecular weight excluding hydrogens is 464 g/mol. The van der Waals surface area contributed by atoms with Crippen LogP contribution in [0.1, 0.15) is 29.2 Å². The normalized spacial score (nSPS) is 12.7. The van der Waals surface area contributed by atoms with Gasteiger partial charge in [0.05, 0.1) is 28.3 Å². The van der Waals surface area contributed by atoms with Crippen molar-refractivity contribution in [3.8, 4) is 17.6 Å². The van der Waals surface area contributed by atoms with E-state index in [2.05, 4.69) is 28.5 Å². The summed E-state index contributed by atoms with van der Waals surface area (Å²) < 4.78 is 12.9. The second-order valence-electron chi connectivity index (χ2n) is 8.19. The molecule has 1 aliphatic heterocycles. The maximum Gasteiger partial charge on any atom is 0.231 e. The largest absolute Gasteiger partial charge is 0.454 e. The van der Waals surface area contributed by atoms with E-state index in [1.54, 1.807) is 6.21 Å². The number of ether oxygens (including phenoxy) is 2. The van der Waals surface area contributed by atoms with Crippen LogP contribution in [0.25, 0.3) is 27.6 Å². The van der Waals surface area contributed by atoms with E-state index < -0.39 is 0 Å². The number of fused-ring (bicyclic) bond motifs is 5. The second kappa shape index (κ2) is 8.15. The van der Waals surface area contributed by atoms with Gasteiger partial charge in [0.15, 0.2) is 17.1 Å². The van der Waals surface area contributed by atoms with Gasteiger partial charge in [-0.2, -0.15) is 10.4 Å². The molecule has 3 aromatic heterocycles. The number of hydrogen-bond donors (Lipinski definition) is 1. The number of hydrogen-bond acceptors (Lipinski definition) is 7. The van der Waals surface area contributed by atoms with Gasteiger partial charge >= 0.3 is 0 Å². The van der Waals surface area contributed by atoms with Crippen LogP contribution in [0.5, 0.6) is 11.5 Å². The number of benzene rings is 2. The summed E-state index contributed by atoms with van der Waals surface area (Å²) in [5, 5.41) is 15.6. The van der Waals surface area contributed by atoms with E-state index >= 15 is 0 Å². The molecule has 172 valence electrons. The second-order valence-corrected chi connectivity index (χ2v) is 8.55. The molecule has 0 bridgehead atoms. The zero-order valence-electron chi connectivity index (χ0n) is 19.0. The van der Waals surface area contributed by atoms with Crippen LogP contribution >= 0.6 is 11.6 Å². The van der Waals surface area contributed by atoms with Crippen molar-refractivity contribution < 1.29 is 9.47 Å². The SMILES string of the molecule is CCc1c(C)c(C#N)c2nc3ccccc3n2c1N/N=C\c1cc2cc3c(cc2nc1Cl)OCO3. The highest BCUT2D eigenvalue weighted by Gasteiger charge is 2.20. The van der Waals surface area contributed by atoms with Crippen LogP contribution in [0.4, 0.5) is 5.82 Å². The van der Waals surface area contributed by atoms with Crippen molar-refractivity contribution in [3.05, 3.63) is 69.9 Å². The first-order valence-electron chi connectivity index (χ1n) is 11.1. The number of imidazole rings is 1. The zero-order valence-corrected chi connectivity index (χ0v) is 19.7. The Bertz CT molecular complexity index is 1730. The zero-order chi connectivity index (χ0) is 24.1. The van der Waals surface area contributed by atoms with Gasteiger partial charge in [-0.05, 0) is 48.7 Å². The molecule has 9 heteroatoms. The van der Waals surface area contributed by atoms with Crippen LogP contribution < -0.4 is 14.9 Å². The predicted molar refractivity (Wildman–Crippen MR) is 136 cm³/mol. The third kappa shape index (κ3) is 3.32. The molecule has 0 unspecified atom stereocenters. The van der Waals surface area contributed by atoms with Crippen LogP contribution in [0.3, 0.4) is 0 Å². The van der Waals surface area contributed by atoms with Crippen LogP contribution in [-0.4, -0.2) is 27.4 Å². The Labute approximate surface area is 205 Å². The van der Waals surface area contributed by atoms with Gasteiger partial charge in [-0.15, -0.1) is 0 Å². The van der Waals surface area contributed by atoms with Crippen molar-refractivity contribution in [1.29, 1.82) is 5.26 Å². The van der Waals surface area contributed by atoms with Crippen LogP contribution in [-0.2, 0) is 6.42 Å². The standard InChI is InChI=1S/C26H19ClN6O2/c1-3-17-14(2)18(11-28)25-31-19-6-4-5-7-21(19)33(25)26(17)32-29-12-16-8-15-9-22-23(35-13-34-22)10-20(15)30-24(16)27/h4-10,12,32H,3,13H2,1-2H3/b29-12-. The van der Waals surface area contributed by atoms with E-state index in [0.29, 0.717) is 45.4 Å². The Balaban J connectivity index is 1.46. The smallest absolute Gasteiger partial charge is 0.231 e. The molecule has 2 aromatic carbocycles. The number of rotatable bonds is 4. The number of nitrogens with one attached hydrogen (secondary N) is 1. The van der Waals surface area contributed by atoms with Crippen LogP contribution in [0.15, 0.2) is 47.6 Å². The summed E-state index contributed by atoms with van der Waals surface area (Å²) in [5.74, 6) is 2.10. The lowest BCUT2D eigenvalue weighted by molar-refractivity contribution is 0.174. The summed E-state index contributed by atoms with van der Waals surface area (Å²) in [5.41, 5.74) is 9.31. The number of nitriles is 1. The molecule has 0 saturated heterocycles. The number of aromatic nitrogens is 3. The molecule has 0 radical (unpaired) electrons. The quantitative estimate of drug-likeness (QED) is 0.203. The number of hydrazone groups is 1. The monoisotopic (exact) mass is 482 g/mol. The molecule has 1 N–H and O–H groups in total. The van der Waals surface area contributed by atoms with Gasteiger partial charge in [-0.3, -0.25) is 9.83 Å². The topological polar surface area (TPSA) is 96.8 Å². The van der Waals surface area contributed by atoms with E-state index in [1.807, 2.05) is 53.8 Å². The highest BCUT2D eigenvalue weighted by Crippen LogP contribution is 2.36. The van der Waals surface area contributed by atoms with Crippen LogP contribution in [0, 0.1) is 18.3 Å². The minimum atomic E-state index is 0.193. The van der Waals surface area contributed by atoms with Gasteiger partial charge in [0.1, 0.15) is 17.0 Å². The molecule has 0 spiro atoms. The number of nitrogens with zero attached hydrogens (tertiary/aromatic N) is 5. The Morgan fingerprint density at radius 1 is 1.17 bits per heavy atom. The maximum atomic E-state index is 9.86. The van der Waals surface area contributed by atoms with Crippen molar-refractivity contribution in [2.45, 2.75) is 20.3 Å². The molecule has 8 nitrogen and oxygen atoms in total. The first-order valence-corrected chi connectivity index (χ1v) is 11.5. The van der Waals surface area contributed by atoms with Gasteiger partial charge in [-0.1, -0.05) is 30.7 Å². The molecule has 6 rings (SSSR count). The Morgan fingerprint density at radius 3 is 2.77 bits per heavy atom. The lowest BCUT2D eigenvalue weighted by atomic mass is 10.0. The predicted octanol–water partition coefficient (Wildman–Crippen LogP) is 5.61. The Morgan fingerprint density at radius 2 is 1.97 bits per heavy atom. The van der Waals surface area contributed by atoms with Gasteiger partial charge < -0.3 is 9.47 Å². The molecule has 4 heterocycles. The maximum absolute atomic E-state index is 9.86. The van der Waals surface area contributed by atoms with Crippen LogP contribution in [0.2, 0.25) is 5.15 Å². The van der Waals surface area contributed by atoms with Crippen molar-refractivity contribution in [2.75, 3.05) is 12.2 Å². The highest BCUT2D eigenvalue weighted by molar-refractivity contribution is 6.32. The number of para-hydroxylation sites is 2. The molecule has 0 saturated carbocycles. The molecule has 0 fully saturated rings. The average molecular weight is 483 g/mol. The average Bonchev–Trinajstić information content (AvgIpc) is 3.47. The highest BCUT2D eigenvalue weighted by atomic mass is 35.5. The molecule has 0 amide bonds. The number of halogens is 1. The van der Waals surface area contributed by atoms with Crippen molar-refractivity contribution in [2.24, 2.45) is 5.10 Å². The van der Waals surface area contributed by atoms with E-state index in [-0.39, 0.29) is 6.79 Å². The first-order chi connectivity index (χ1) is 17.1. The third-order valence-electron chi connectivity index (χ3n) is 6.25. The van der Waals surface area contributed by atoms with Crippen molar-refractivity contribution in [3.63, 3.8) is 0 Å². The fourth-order valence-corrected chi connectivity index (χ4v) is 4.74. The lowest BCUT2D eigenvalue weighted by Gasteiger charge is -2.15. The van der Waals surface area contributed by atoms with Crippen molar-refractivity contribution >= 4 is 51.2 Å². The summed E-state index contributed by atoms with van der Waals surface area (Å²) in [6, 6.07) is 15.7. The minimum absolute atomic E-state index is 0.193. The van der Waals surface area contributed by atoms with Gasteiger partial charge in [0, 0.05) is 17.0 Å². The van der Waals surface area contributed by atoms with Gasteiger partial charge in [-0.25, -0.2) is 9.97 Å². The third-order valence-corrected chi connectivity index (χ3v) is 6.55. The summed E-state index contributed by atoms with van der Waals surface area (Å²) in [4.78, 5) is 9.21. The first kappa shape index (κ1) is 21.2. The summed E-state index contributed by atoms with van der Waals surface area (Å²) in [6.07, 6.45) is 2.35. The van der Waals surface area contributed by atoms with Gasteiger partial charge in [0.25, 0.3) is 0 Å². The lowest BCUT2D eigenvalue weighted by Crippen LogP contribution is -2.07. The van der Waals surface area contributed by atoms with Crippen molar-refractivity contribution in [1.82, 2.24) is 14.4 Å². The van der Waals surface area contributed by atoms with Gasteiger partial charge in [0.2, 0.25) is 6.79 Å². The molecule has 0 aliphatic carbocycles. The van der Waals surface area contributed by atoms with E-state index in [0.717, 1.165) is 33.4 Å². The minimum Gasteiger partial charge on any atom is -0.454 e. The fraction of sp³-hybridized carbons (Fsp3) is 0.154. The van der Waals surface area contributed by atoms with E-state index in [9.17, 15) is 5.26 Å².